The number of rotatable bonds is 5. The maximum Gasteiger partial charge on any atom is 0.387 e. The second-order valence-corrected chi connectivity index (χ2v) is 6.49. The molecular weight excluding hydrogens is 350 g/mol. The van der Waals surface area contributed by atoms with Gasteiger partial charge in [0.25, 0.3) is 0 Å². The molecule has 1 aliphatic heterocycles. The number of amides is 2. The number of fused-ring (bicyclic) bond motifs is 1. The van der Waals surface area contributed by atoms with E-state index in [1.54, 1.807) is 6.07 Å². The molecule has 0 aromatic heterocycles. The number of ether oxygens (including phenoxy) is 1. The molecule has 0 saturated carbocycles. The van der Waals surface area contributed by atoms with E-state index in [4.69, 9.17) is 0 Å². The minimum Gasteiger partial charge on any atom is -0.435 e. The molecule has 0 aliphatic carbocycles. The van der Waals surface area contributed by atoms with E-state index in [-0.39, 0.29) is 24.0 Å². The van der Waals surface area contributed by atoms with Gasteiger partial charge in [0.15, 0.2) is 0 Å². The lowest BCUT2D eigenvalue weighted by Crippen LogP contribution is -2.32. The molecular formula is C17H14F2N2O3S. The number of alkyl halides is 2. The van der Waals surface area contributed by atoms with Gasteiger partial charge in [-0.25, -0.2) is 0 Å². The summed E-state index contributed by atoms with van der Waals surface area (Å²) in [6, 6.07) is 13.0. The summed E-state index contributed by atoms with van der Waals surface area (Å²) in [6.07, 6.45) is 0.000119. The van der Waals surface area contributed by atoms with Crippen LogP contribution in [0.1, 0.15) is 6.42 Å². The Morgan fingerprint density at radius 2 is 1.92 bits per heavy atom. The Kier molecular flexibility index (Phi) is 5.18. The van der Waals surface area contributed by atoms with Gasteiger partial charge in [0.2, 0.25) is 11.8 Å². The van der Waals surface area contributed by atoms with Crippen molar-refractivity contribution in [3.8, 4) is 5.75 Å². The van der Waals surface area contributed by atoms with E-state index in [9.17, 15) is 18.4 Å². The van der Waals surface area contributed by atoms with Gasteiger partial charge in [-0.2, -0.15) is 8.78 Å². The molecule has 1 atom stereocenters. The van der Waals surface area contributed by atoms with Crippen molar-refractivity contribution in [2.24, 2.45) is 0 Å². The molecule has 1 heterocycles. The van der Waals surface area contributed by atoms with E-state index < -0.39 is 11.9 Å². The van der Waals surface area contributed by atoms with Gasteiger partial charge in [-0.15, -0.1) is 11.8 Å². The lowest BCUT2D eigenvalue weighted by atomic mass is 10.2. The summed E-state index contributed by atoms with van der Waals surface area (Å²) >= 11 is 1.34. The van der Waals surface area contributed by atoms with Gasteiger partial charge < -0.3 is 15.4 Å². The van der Waals surface area contributed by atoms with Crippen LogP contribution in [0.4, 0.5) is 20.2 Å². The van der Waals surface area contributed by atoms with E-state index in [0.29, 0.717) is 5.69 Å². The van der Waals surface area contributed by atoms with Crippen molar-refractivity contribution in [3.05, 3.63) is 48.5 Å². The lowest BCUT2D eigenvalue weighted by Gasteiger charge is -2.23. The van der Waals surface area contributed by atoms with E-state index in [1.807, 2.05) is 18.2 Å². The number of hydrogen-bond acceptors (Lipinski definition) is 4. The standard InChI is InChI=1S/C17H14F2N2O3S/c18-17(19)24-11-7-5-10(6-8-11)20-15(22)9-14-16(23)21-12-3-1-2-4-13(12)25-14/h1-8,14,17H,9H2,(H,20,22)(H,21,23)/t14-/m0/s1. The Labute approximate surface area is 146 Å². The van der Waals surface area contributed by atoms with Crippen LogP contribution in [0.3, 0.4) is 0 Å². The average molecular weight is 364 g/mol. The number of hydrogen-bond donors (Lipinski definition) is 2. The maximum atomic E-state index is 12.1. The molecule has 2 N–H and O–H groups in total. The van der Waals surface area contributed by atoms with Crippen LogP contribution in [-0.4, -0.2) is 23.7 Å². The molecule has 2 amide bonds. The SMILES string of the molecule is O=C(C[C@@H]1Sc2ccccc2NC1=O)Nc1ccc(OC(F)F)cc1. The van der Waals surface area contributed by atoms with Crippen LogP contribution in [0.2, 0.25) is 0 Å². The van der Waals surface area contributed by atoms with Crippen LogP contribution in [0.25, 0.3) is 0 Å². The summed E-state index contributed by atoms with van der Waals surface area (Å²) in [5.41, 5.74) is 1.18. The fourth-order valence-corrected chi connectivity index (χ4v) is 3.44. The monoisotopic (exact) mass is 364 g/mol. The van der Waals surface area contributed by atoms with Gasteiger partial charge in [-0.1, -0.05) is 12.1 Å². The van der Waals surface area contributed by atoms with Crippen molar-refractivity contribution in [1.29, 1.82) is 0 Å². The molecule has 1 aliphatic rings. The van der Waals surface area contributed by atoms with Gasteiger partial charge >= 0.3 is 6.61 Å². The number of benzene rings is 2. The van der Waals surface area contributed by atoms with E-state index in [0.717, 1.165) is 10.6 Å². The third-order valence-corrected chi connectivity index (χ3v) is 4.72. The largest absolute Gasteiger partial charge is 0.435 e. The van der Waals surface area contributed by atoms with Crippen LogP contribution in [0.5, 0.6) is 5.75 Å². The minimum atomic E-state index is -2.90. The van der Waals surface area contributed by atoms with Crippen LogP contribution in [-0.2, 0) is 9.59 Å². The molecule has 0 saturated heterocycles. The van der Waals surface area contributed by atoms with Crippen LogP contribution in [0.15, 0.2) is 53.4 Å². The Morgan fingerprint density at radius 1 is 1.20 bits per heavy atom. The molecule has 2 aromatic carbocycles. The highest BCUT2D eigenvalue weighted by molar-refractivity contribution is 8.01. The lowest BCUT2D eigenvalue weighted by molar-refractivity contribution is -0.120. The Hall–Kier alpha value is -2.61. The van der Waals surface area contributed by atoms with Crippen LogP contribution < -0.4 is 15.4 Å². The van der Waals surface area contributed by atoms with Crippen molar-refractivity contribution < 1.29 is 23.1 Å². The van der Waals surface area contributed by atoms with Gasteiger partial charge in [-0.05, 0) is 36.4 Å². The molecule has 0 radical (unpaired) electrons. The predicted octanol–water partition coefficient (Wildman–Crippen LogP) is 3.73. The number of carbonyl (C=O) groups is 2. The zero-order chi connectivity index (χ0) is 17.8. The molecule has 0 bridgehead atoms. The highest BCUT2D eigenvalue weighted by Crippen LogP contribution is 2.36. The van der Waals surface area contributed by atoms with E-state index in [2.05, 4.69) is 15.4 Å². The second kappa shape index (κ2) is 7.52. The molecule has 25 heavy (non-hydrogen) atoms. The summed E-state index contributed by atoms with van der Waals surface area (Å²) in [6.45, 7) is -2.90. The number of para-hydroxylation sites is 1. The normalized spacial score (nSPS) is 16.1. The number of halogens is 2. The smallest absolute Gasteiger partial charge is 0.387 e. The second-order valence-electron chi connectivity index (χ2n) is 5.25. The van der Waals surface area contributed by atoms with E-state index in [1.165, 1.54) is 36.0 Å². The zero-order valence-electron chi connectivity index (χ0n) is 12.9. The fourth-order valence-electron chi connectivity index (χ4n) is 2.33. The third kappa shape index (κ3) is 4.48. The molecule has 5 nitrogen and oxygen atoms in total. The number of thioether (sulfide) groups is 1. The fraction of sp³-hybridized carbons (Fsp3) is 0.176. The first-order valence-electron chi connectivity index (χ1n) is 7.42. The summed E-state index contributed by atoms with van der Waals surface area (Å²) in [4.78, 5) is 25.1. The molecule has 8 heteroatoms. The number of carbonyl (C=O) groups excluding carboxylic acids is 2. The first-order valence-corrected chi connectivity index (χ1v) is 8.30. The van der Waals surface area contributed by atoms with Gasteiger partial charge in [-0.3, -0.25) is 9.59 Å². The van der Waals surface area contributed by atoms with Crippen LogP contribution in [0, 0.1) is 0 Å². The van der Waals surface area contributed by atoms with Gasteiger partial charge in [0, 0.05) is 17.0 Å². The van der Waals surface area contributed by atoms with Crippen molar-refractivity contribution in [1.82, 2.24) is 0 Å². The highest BCUT2D eigenvalue weighted by Gasteiger charge is 2.28. The average Bonchev–Trinajstić information content (AvgIpc) is 2.57. The first kappa shape index (κ1) is 17.2. The minimum absolute atomic E-state index is 0.000119. The summed E-state index contributed by atoms with van der Waals surface area (Å²) in [7, 11) is 0. The Bertz CT molecular complexity index is 784. The Balaban J connectivity index is 1.58. The molecule has 130 valence electrons. The van der Waals surface area contributed by atoms with Crippen molar-refractivity contribution in [2.45, 2.75) is 23.2 Å². The molecule has 2 aromatic rings. The first-order chi connectivity index (χ1) is 12.0. The Morgan fingerprint density at radius 3 is 2.64 bits per heavy atom. The predicted molar refractivity (Wildman–Crippen MR) is 91.0 cm³/mol. The molecule has 3 rings (SSSR count). The van der Waals surface area contributed by atoms with Crippen molar-refractivity contribution in [3.63, 3.8) is 0 Å². The highest BCUT2D eigenvalue weighted by atomic mass is 32.2. The van der Waals surface area contributed by atoms with Gasteiger partial charge in [0.1, 0.15) is 5.75 Å². The van der Waals surface area contributed by atoms with E-state index >= 15 is 0 Å². The van der Waals surface area contributed by atoms with Crippen molar-refractivity contribution >= 4 is 35.0 Å². The van der Waals surface area contributed by atoms with Gasteiger partial charge in [0.05, 0.1) is 10.9 Å². The topological polar surface area (TPSA) is 67.4 Å². The zero-order valence-corrected chi connectivity index (χ0v) is 13.7. The molecule has 0 spiro atoms. The summed E-state index contributed by atoms with van der Waals surface area (Å²) < 4.78 is 28.4. The summed E-state index contributed by atoms with van der Waals surface area (Å²) in [5, 5.41) is 4.89. The third-order valence-electron chi connectivity index (χ3n) is 3.44. The van der Waals surface area contributed by atoms with Crippen molar-refractivity contribution in [2.75, 3.05) is 10.6 Å². The molecule has 0 unspecified atom stereocenters. The molecule has 0 fully saturated rings. The number of anilines is 2. The van der Waals surface area contributed by atoms with Crippen LogP contribution >= 0.6 is 11.8 Å². The summed E-state index contributed by atoms with van der Waals surface area (Å²) in [5.74, 6) is -0.555. The maximum absolute atomic E-state index is 12.1. The quantitative estimate of drug-likeness (QED) is 0.848. The number of nitrogens with one attached hydrogen (secondary N) is 2.